The zero-order valence-corrected chi connectivity index (χ0v) is 11.2. The molecular formula is C13H21N3O. The van der Waals surface area contributed by atoms with Crippen molar-refractivity contribution in [1.82, 2.24) is 4.90 Å². The summed E-state index contributed by atoms with van der Waals surface area (Å²) >= 11 is 0. The molecule has 1 rings (SSSR count). The number of carbonyl (C=O) groups is 1. The van der Waals surface area contributed by atoms with Crippen LogP contribution in [-0.2, 0) is 0 Å². The molecule has 0 heterocycles. The van der Waals surface area contributed by atoms with Crippen LogP contribution >= 0.6 is 0 Å². The molecule has 4 nitrogen and oxygen atoms in total. The molecule has 0 saturated carbocycles. The van der Waals surface area contributed by atoms with Gasteiger partial charge in [0.15, 0.2) is 0 Å². The summed E-state index contributed by atoms with van der Waals surface area (Å²) in [6.07, 6.45) is 0. The molecule has 4 heteroatoms. The summed E-state index contributed by atoms with van der Waals surface area (Å²) in [5.74, 6) is -0.00370. The molecule has 2 N–H and O–H groups in total. The molecule has 0 fully saturated rings. The first kappa shape index (κ1) is 13.4. The van der Waals surface area contributed by atoms with Gasteiger partial charge in [-0.05, 0) is 32.0 Å². The third-order valence-electron chi connectivity index (χ3n) is 2.83. The second kappa shape index (κ2) is 5.08. The average Bonchev–Trinajstić information content (AvgIpc) is 2.26. The van der Waals surface area contributed by atoms with E-state index in [1.54, 1.807) is 18.0 Å². The van der Waals surface area contributed by atoms with Gasteiger partial charge < -0.3 is 15.5 Å². The van der Waals surface area contributed by atoms with Crippen LogP contribution in [0, 0.1) is 0 Å². The van der Waals surface area contributed by atoms with Gasteiger partial charge in [0.1, 0.15) is 0 Å². The van der Waals surface area contributed by atoms with Gasteiger partial charge in [-0.25, -0.2) is 0 Å². The molecule has 0 aliphatic carbocycles. The average molecular weight is 235 g/mol. The Morgan fingerprint density at radius 2 is 1.82 bits per heavy atom. The summed E-state index contributed by atoms with van der Waals surface area (Å²) in [4.78, 5) is 15.9. The van der Waals surface area contributed by atoms with Crippen molar-refractivity contribution in [1.29, 1.82) is 0 Å². The quantitative estimate of drug-likeness (QED) is 0.813. The summed E-state index contributed by atoms with van der Waals surface area (Å²) in [6, 6.07) is 5.58. The first-order valence-electron chi connectivity index (χ1n) is 5.68. The largest absolute Gasteiger partial charge is 0.399 e. The van der Waals surface area contributed by atoms with Crippen LogP contribution in [0.3, 0.4) is 0 Å². The van der Waals surface area contributed by atoms with E-state index in [-0.39, 0.29) is 11.9 Å². The van der Waals surface area contributed by atoms with Crippen molar-refractivity contribution in [3.8, 4) is 0 Å². The fraction of sp³-hybridized carbons (Fsp3) is 0.462. The number of nitrogens with zero attached hydrogens (tertiary/aromatic N) is 2. The number of nitrogen functional groups attached to an aromatic ring is 1. The van der Waals surface area contributed by atoms with Crippen LogP contribution in [0.25, 0.3) is 0 Å². The minimum Gasteiger partial charge on any atom is -0.399 e. The standard InChI is InChI=1S/C13H21N3O/c1-9(2)16(5)13(17)11-8-10(14)6-7-12(11)15(3)4/h6-9H,14H2,1-5H3. The molecule has 0 spiro atoms. The Morgan fingerprint density at radius 3 is 2.29 bits per heavy atom. The summed E-state index contributed by atoms with van der Waals surface area (Å²) in [7, 11) is 5.63. The Hall–Kier alpha value is -1.71. The SMILES string of the molecule is CC(C)N(C)C(=O)c1cc(N)ccc1N(C)C. The van der Waals surface area contributed by atoms with E-state index in [9.17, 15) is 4.79 Å². The van der Waals surface area contributed by atoms with Crippen molar-refractivity contribution in [2.75, 3.05) is 31.8 Å². The lowest BCUT2D eigenvalue weighted by Gasteiger charge is -2.25. The van der Waals surface area contributed by atoms with Gasteiger partial charge in [0.2, 0.25) is 0 Å². The van der Waals surface area contributed by atoms with E-state index in [0.29, 0.717) is 11.3 Å². The number of hydrogen-bond acceptors (Lipinski definition) is 3. The highest BCUT2D eigenvalue weighted by Crippen LogP contribution is 2.23. The number of rotatable bonds is 3. The molecule has 94 valence electrons. The normalized spacial score (nSPS) is 10.5. The topological polar surface area (TPSA) is 49.6 Å². The molecule has 1 aromatic carbocycles. The first-order valence-corrected chi connectivity index (χ1v) is 5.68. The Kier molecular flexibility index (Phi) is 3.99. The molecule has 0 aromatic heterocycles. The lowest BCUT2D eigenvalue weighted by molar-refractivity contribution is 0.0755. The highest BCUT2D eigenvalue weighted by Gasteiger charge is 2.18. The molecule has 0 bridgehead atoms. The number of hydrogen-bond donors (Lipinski definition) is 1. The predicted molar refractivity (Wildman–Crippen MR) is 72.4 cm³/mol. The number of benzene rings is 1. The van der Waals surface area contributed by atoms with Gasteiger partial charge in [-0.1, -0.05) is 0 Å². The molecule has 0 aliphatic heterocycles. The van der Waals surface area contributed by atoms with E-state index >= 15 is 0 Å². The highest BCUT2D eigenvalue weighted by atomic mass is 16.2. The van der Waals surface area contributed by atoms with E-state index in [1.165, 1.54) is 0 Å². The van der Waals surface area contributed by atoms with Gasteiger partial charge in [0, 0.05) is 38.6 Å². The molecule has 0 unspecified atom stereocenters. The monoisotopic (exact) mass is 235 g/mol. The fourth-order valence-corrected chi connectivity index (χ4v) is 1.54. The van der Waals surface area contributed by atoms with Crippen LogP contribution in [-0.4, -0.2) is 38.0 Å². The van der Waals surface area contributed by atoms with Crippen molar-refractivity contribution in [3.05, 3.63) is 23.8 Å². The Labute approximate surface area is 103 Å². The van der Waals surface area contributed by atoms with E-state index < -0.39 is 0 Å². The Balaban J connectivity index is 3.19. The summed E-state index contributed by atoms with van der Waals surface area (Å²) < 4.78 is 0. The van der Waals surface area contributed by atoms with Gasteiger partial charge in [-0.3, -0.25) is 4.79 Å². The number of amides is 1. The molecule has 17 heavy (non-hydrogen) atoms. The smallest absolute Gasteiger partial charge is 0.256 e. The highest BCUT2D eigenvalue weighted by molar-refractivity contribution is 6.00. The van der Waals surface area contributed by atoms with E-state index in [2.05, 4.69) is 0 Å². The minimum atomic E-state index is -0.00370. The molecule has 0 radical (unpaired) electrons. The lowest BCUT2D eigenvalue weighted by Crippen LogP contribution is -2.34. The molecule has 0 atom stereocenters. The Morgan fingerprint density at radius 1 is 1.24 bits per heavy atom. The molecule has 0 aliphatic rings. The van der Waals surface area contributed by atoms with Crippen LogP contribution in [0.5, 0.6) is 0 Å². The maximum absolute atomic E-state index is 12.3. The van der Waals surface area contributed by atoms with Crippen molar-refractivity contribution in [3.63, 3.8) is 0 Å². The van der Waals surface area contributed by atoms with Crippen molar-refractivity contribution < 1.29 is 4.79 Å². The van der Waals surface area contributed by atoms with Crippen molar-refractivity contribution in [2.24, 2.45) is 0 Å². The van der Waals surface area contributed by atoms with Gasteiger partial charge >= 0.3 is 0 Å². The van der Waals surface area contributed by atoms with Crippen LogP contribution in [0.1, 0.15) is 24.2 Å². The predicted octanol–water partition coefficient (Wildman–Crippen LogP) is 1.82. The number of nitrogens with two attached hydrogens (primary N) is 1. The maximum Gasteiger partial charge on any atom is 0.256 e. The molecule has 1 amide bonds. The van der Waals surface area contributed by atoms with Crippen LogP contribution < -0.4 is 10.6 Å². The summed E-state index contributed by atoms with van der Waals surface area (Å²) in [6.45, 7) is 3.97. The molecular weight excluding hydrogens is 214 g/mol. The third kappa shape index (κ3) is 2.90. The first-order chi connectivity index (χ1) is 7.84. The van der Waals surface area contributed by atoms with E-state index in [1.807, 2.05) is 45.0 Å². The maximum atomic E-state index is 12.3. The van der Waals surface area contributed by atoms with Gasteiger partial charge in [-0.15, -0.1) is 0 Å². The van der Waals surface area contributed by atoms with Gasteiger partial charge in [0.25, 0.3) is 5.91 Å². The molecule has 1 aromatic rings. The third-order valence-corrected chi connectivity index (χ3v) is 2.83. The second-order valence-electron chi connectivity index (χ2n) is 4.68. The minimum absolute atomic E-state index is 0.00370. The van der Waals surface area contributed by atoms with Crippen molar-refractivity contribution in [2.45, 2.75) is 19.9 Å². The van der Waals surface area contributed by atoms with E-state index in [0.717, 1.165) is 5.69 Å². The van der Waals surface area contributed by atoms with Crippen molar-refractivity contribution >= 4 is 17.3 Å². The van der Waals surface area contributed by atoms with Gasteiger partial charge in [-0.2, -0.15) is 0 Å². The number of anilines is 2. The lowest BCUT2D eigenvalue weighted by atomic mass is 10.1. The van der Waals surface area contributed by atoms with Gasteiger partial charge in [0.05, 0.1) is 5.56 Å². The summed E-state index contributed by atoms with van der Waals surface area (Å²) in [5.41, 5.74) is 7.89. The molecule has 0 saturated heterocycles. The summed E-state index contributed by atoms with van der Waals surface area (Å²) in [5, 5.41) is 0. The van der Waals surface area contributed by atoms with Crippen LogP contribution in [0.4, 0.5) is 11.4 Å². The fourth-order valence-electron chi connectivity index (χ4n) is 1.54. The number of carbonyl (C=O) groups excluding carboxylic acids is 1. The zero-order valence-electron chi connectivity index (χ0n) is 11.2. The van der Waals surface area contributed by atoms with Crippen LogP contribution in [0.15, 0.2) is 18.2 Å². The van der Waals surface area contributed by atoms with Crippen LogP contribution in [0.2, 0.25) is 0 Å². The zero-order chi connectivity index (χ0) is 13.2. The van der Waals surface area contributed by atoms with E-state index in [4.69, 9.17) is 5.73 Å². The second-order valence-corrected chi connectivity index (χ2v) is 4.68. The Bertz CT molecular complexity index is 413.